The van der Waals surface area contributed by atoms with Crippen molar-refractivity contribution in [2.45, 2.75) is 25.7 Å². The van der Waals surface area contributed by atoms with Crippen molar-refractivity contribution < 1.29 is 0 Å². The monoisotopic (exact) mass is 250 g/mol. The second-order valence-corrected chi connectivity index (χ2v) is 4.05. The summed E-state index contributed by atoms with van der Waals surface area (Å²) in [5.41, 5.74) is 0. The van der Waals surface area contributed by atoms with Crippen LogP contribution in [0.2, 0.25) is 0 Å². The van der Waals surface area contributed by atoms with Crippen molar-refractivity contribution in [1.82, 2.24) is 0 Å². The third-order valence-corrected chi connectivity index (χ3v) is 3.69. The van der Waals surface area contributed by atoms with Crippen molar-refractivity contribution in [3.63, 3.8) is 0 Å². The molecule has 58 valence electrons. The van der Waals surface area contributed by atoms with Gasteiger partial charge in [0, 0.05) is 4.43 Å². The molecule has 0 radical (unpaired) electrons. The van der Waals surface area contributed by atoms with Gasteiger partial charge in [0.15, 0.2) is 0 Å². The maximum Gasteiger partial charge on any atom is 0.00237 e. The van der Waals surface area contributed by atoms with Gasteiger partial charge in [0.05, 0.1) is 0 Å². The van der Waals surface area contributed by atoms with Crippen LogP contribution in [0.15, 0.2) is 12.7 Å². The molecule has 0 saturated heterocycles. The summed E-state index contributed by atoms with van der Waals surface area (Å²) in [6.07, 6.45) is 7.76. The lowest BCUT2D eigenvalue weighted by atomic mass is 9.83. The van der Waals surface area contributed by atoms with Gasteiger partial charge < -0.3 is 0 Å². The molecule has 0 aromatic carbocycles. The fraction of sp³-hybridized carbons (Fsp3) is 0.778. The van der Waals surface area contributed by atoms with Crippen LogP contribution in [0, 0.1) is 11.8 Å². The van der Waals surface area contributed by atoms with E-state index in [1.807, 2.05) is 0 Å². The van der Waals surface area contributed by atoms with E-state index in [-0.39, 0.29) is 0 Å². The average Bonchev–Trinajstić information content (AvgIpc) is 2.05. The minimum absolute atomic E-state index is 0.833. The molecule has 0 spiro atoms. The quantitative estimate of drug-likeness (QED) is 0.400. The minimum atomic E-state index is 0.833. The van der Waals surface area contributed by atoms with Gasteiger partial charge in [0.2, 0.25) is 0 Å². The van der Waals surface area contributed by atoms with Gasteiger partial charge in [-0.3, -0.25) is 0 Å². The average molecular weight is 250 g/mol. The standard InChI is InChI=1S/C9H15I/c1-2-8-3-5-9(7-10)6-4-8/h2,8-9H,1,3-7H2/t8-,9-. The van der Waals surface area contributed by atoms with E-state index >= 15 is 0 Å². The smallest absolute Gasteiger partial charge is 0.00237 e. The normalized spacial score (nSPS) is 33.7. The van der Waals surface area contributed by atoms with Gasteiger partial charge in [-0.05, 0) is 37.5 Å². The summed E-state index contributed by atoms with van der Waals surface area (Å²) < 4.78 is 1.35. The van der Waals surface area contributed by atoms with Crippen molar-refractivity contribution in [2.75, 3.05) is 4.43 Å². The zero-order chi connectivity index (χ0) is 7.40. The molecule has 1 aliphatic rings. The zero-order valence-electron chi connectivity index (χ0n) is 6.35. The molecule has 1 heteroatoms. The fourth-order valence-corrected chi connectivity index (χ4v) is 2.46. The lowest BCUT2D eigenvalue weighted by molar-refractivity contribution is 0.338. The summed E-state index contributed by atoms with van der Waals surface area (Å²) in [5, 5.41) is 0. The molecule has 1 saturated carbocycles. The zero-order valence-corrected chi connectivity index (χ0v) is 8.51. The highest BCUT2D eigenvalue weighted by atomic mass is 127. The van der Waals surface area contributed by atoms with E-state index in [1.54, 1.807) is 0 Å². The van der Waals surface area contributed by atoms with Crippen LogP contribution < -0.4 is 0 Å². The number of rotatable bonds is 2. The summed E-state index contributed by atoms with van der Waals surface area (Å²) in [5.74, 6) is 1.84. The van der Waals surface area contributed by atoms with Crippen LogP contribution >= 0.6 is 22.6 Å². The third kappa shape index (κ3) is 2.26. The SMILES string of the molecule is C=C[C@H]1CC[C@H](CI)CC1. The Morgan fingerprint density at radius 2 is 1.90 bits per heavy atom. The Labute approximate surface area is 77.2 Å². The molecule has 0 heterocycles. The molecule has 0 bridgehead atoms. The molecule has 1 aliphatic carbocycles. The largest absolute Gasteiger partial charge is 0.103 e. The molecule has 0 atom stereocenters. The molecule has 0 nitrogen and oxygen atoms in total. The summed E-state index contributed by atoms with van der Waals surface area (Å²) in [4.78, 5) is 0. The molecule has 0 N–H and O–H groups in total. The van der Waals surface area contributed by atoms with Crippen molar-refractivity contribution in [3.05, 3.63) is 12.7 Å². The van der Waals surface area contributed by atoms with E-state index < -0.39 is 0 Å². The van der Waals surface area contributed by atoms with Crippen molar-refractivity contribution in [2.24, 2.45) is 11.8 Å². The molecular weight excluding hydrogens is 235 g/mol. The highest BCUT2D eigenvalue weighted by Crippen LogP contribution is 2.30. The fourth-order valence-electron chi connectivity index (χ4n) is 1.58. The third-order valence-electron chi connectivity index (χ3n) is 2.44. The van der Waals surface area contributed by atoms with E-state index in [0.717, 1.165) is 11.8 Å². The van der Waals surface area contributed by atoms with Crippen molar-refractivity contribution in [3.8, 4) is 0 Å². The molecule has 1 rings (SSSR count). The number of alkyl halides is 1. The van der Waals surface area contributed by atoms with Gasteiger partial charge in [-0.25, -0.2) is 0 Å². The Kier molecular flexibility index (Phi) is 3.74. The molecule has 0 amide bonds. The maximum absolute atomic E-state index is 3.83. The molecule has 0 unspecified atom stereocenters. The molecule has 10 heavy (non-hydrogen) atoms. The lowest BCUT2D eigenvalue weighted by Gasteiger charge is -2.24. The van der Waals surface area contributed by atoms with E-state index in [1.165, 1.54) is 30.1 Å². The highest BCUT2D eigenvalue weighted by Gasteiger charge is 2.17. The van der Waals surface area contributed by atoms with E-state index in [0.29, 0.717) is 0 Å². The molecular formula is C9H15I. The Balaban J connectivity index is 2.23. The molecule has 0 aromatic rings. The molecule has 1 fully saturated rings. The highest BCUT2D eigenvalue weighted by molar-refractivity contribution is 14.1. The van der Waals surface area contributed by atoms with Gasteiger partial charge >= 0.3 is 0 Å². The number of hydrogen-bond donors (Lipinski definition) is 0. The van der Waals surface area contributed by atoms with Gasteiger partial charge in [0.1, 0.15) is 0 Å². The van der Waals surface area contributed by atoms with Gasteiger partial charge in [0.25, 0.3) is 0 Å². The van der Waals surface area contributed by atoms with Gasteiger partial charge in [-0.1, -0.05) is 28.7 Å². The Morgan fingerprint density at radius 1 is 1.30 bits per heavy atom. The van der Waals surface area contributed by atoms with E-state index in [9.17, 15) is 0 Å². The first kappa shape index (κ1) is 8.57. The first-order valence-electron chi connectivity index (χ1n) is 4.05. The minimum Gasteiger partial charge on any atom is -0.103 e. The number of halogens is 1. The van der Waals surface area contributed by atoms with Crippen LogP contribution in [0.1, 0.15) is 25.7 Å². The molecule has 0 aromatic heterocycles. The summed E-state index contributed by atoms with van der Waals surface area (Å²) in [6.45, 7) is 3.83. The topological polar surface area (TPSA) is 0 Å². The van der Waals surface area contributed by atoms with E-state index in [4.69, 9.17) is 0 Å². The second kappa shape index (κ2) is 4.37. The molecule has 0 aliphatic heterocycles. The Morgan fingerprint density at radius 3 is 2.30 bits per heavy atom. The summed E-state index contributed by atoms with van der Waals surface area (Å²) in [6, 6.07) is 0. The van der Waals surface area contributed by atoms with Crippen LogP contribution in [0.25, 0.3) is 0 Å². The van der Waals surface area contributed by atoms with Crippen LogP contribution in [0.3, 0.4) is 0 Å². The first-order valence-corrected chi connectivity index (χ1v) is 5.58. The lowest BCUT2D eigenvalue weighted by Crippen LogP contribution is -2.13. The van der Waals surface area contributed by atoms with Crippen molar-refractivity contribution >= 4 is 22.6 Å². The second-order valence-electron chi connectivity index (χ2n) is 3.17. The van der Waals surface area contributed by atoms with Crippen molar-refractivity contribution in [1.29, 1.82) is 0 Å². The van der Waals surface area contributed by atoms with Gasteiger partial charge in [-0.2, -0.15) is 0 Å². The first-order chi connectivity index (χ1) is 4.86. The van der Waals surface area contributed by atoms with Crippen LogP contribution in [-0.2, 0) is 0 Å². The predicted molar refractivity (Wildman–Crippen MR) is 54.5 cm³/mol. The predicted octanol–water partition coefficient (Wildman–Crippen LogP) is 3.41. The van der Waals surface area contributed by atoms with E-state index in [2.05, 4.69) is 35.2 Å². The van der Waals surface area contributed by atoms with Gasteiger partial charge in [-0.15, -0.1) is 6.58 Å². The Hall–Kier alpha value is 0.470. The summed E-state index contributed by atoms with van der Waals surface area (Å²) in [7, 11) is 0. The van der Waals surface area contributed by atoms with Crippen LogP contribution in [-0.4, -0.2) is 4.43 Å². The number of hydrogen-bond acceptors (Lipinski definition) is 0. The Bertz CT molecular complexity index is 101. The van der Waals surface area contributed by atoms with Crippen LogP contribution in [0.4, 0.5) is 0 Å². The van der Waals surface area contributed by atoms with Crippen LogP contribution in [0.5, 0.6) is 0 Å². The summed E-state index contributed by atoms with van der Waals surface area (Å²) >= 11 is 2.50. The number of allylic oxidation sites excluding steroid dienone is 1. The maximum atomic E-state index is 3.83.